The van der Waals surface area contributed by atoms with Crippen LogP contribution in [0.3, 0.4) is 0 Å². The van der Waals surface area contributed by atoms with E-state index in [1.807, 2.05) is 43.4 Å². The van der Waals surface area contributed by atoms with Crippen LogP contribution in [0.1, 0.15) is 11.1 Å². The molecule has 0 aliphatic heterocycles. The van der Waals surface area contributed by atoms with E-state index in [1.54, 1.807) is 0 Å². The smallest absolute Gasteiger partial charge is 0.211 e. The zero-order chi connectivity index (χ0) is 13.5. The number of rotatable bonds is 6. The summed E-state index contributed by atoms with van der Waals surface area (Å²) in [4.78, 5) is 10.3. The Hall–Kier alpha value is -2.33. The topological polar surface area (TPSA) is 53.2 Å². The van der Waals surface area contributed by atoms with Gasteiger partial charge in [0.2, 0.25) is 6.41 Å². The maximum Gasteiger partial charge on any atom is 0.211 e. The van der Waals surface area contributed by atoms with Crippen LogP contribution >= 0.6 is 0 Å². The predicted octanol–water partition coefficient (Wildman–Crippen LogP) is 2.39. The van der Waals surface area contributed by atoms with Crippen molar-refractivity contribution in [2.75, 3.05) is 17.8 Å². The summed E-state index contributed by atoms with van der Waals surface area (Å²) >= 11 is 0. The van der Waals surface area contributed by atoms with Crippen LogP contribution in [0, 0.1) is 0 Å². The van der Waals surface area contributed by atoms with E-state index < -0.39 is 0 Å². The summed E-state index contributed by atoms with van der Waals surface area (Å²) in [5.41, 5.74) is 10.2. The third kappa shape index (κ3) is 3.82. The molecule has 0 atom stereocenters. The molecule has 2 rings (SSSR count). The fourth-order valence-electron chi connectivity index (χ4n) is 1.87. The van der Waals surface area contributed by atoms with E-state index in [9.17, 15) is 4.79 Å². The Morgan fingerprint density at radius 1 is 0.895 bits per heavy atom. The van der Waals surface area contributed by atoms with Gasteiger partial charge in [-0.05, 0) is 41.8 Å². The van der Waals surface area contributed by atoms with Crippen LogP contribution in [0.15, 0.2) is 48.5 Å². The maximum absolute atomic E-state index is 10.3. The van der Waals surface area contributed by atoms with Gasteiger partial charge in [-0.25, -0.2) is 5.43 Å². The van der Waals surface area contributed by atoms with Crippen LogP contribution in [0.5, 0.6) is 0 Å². The first kappa shape index (κ1) is 13.1. The first-order valence-corrected chi connectivity index (χ1v) is 6.12. The highest BCUT2D eigenvalue weighted by Crippen LogP contribution is 2.15. The standard InChI is InChI=1S/C15H17N3O/c1-16-18-15-8-4-13(5-9-15)10-12-2-6-14(7-3-12)17-11-19/h2-9,11,16,18H,10H2,1H3,(H,17,19). The molecule has 19 heavy (non-hydrogen) atoms. The molecule has 0 bridgehead atoms. The second-order valence-electron chi connectivity index (χ2n) is 4.21. The van der Waals surface area contributed by atoms with Gasteiger partial charge in [0.25, 0.3) is 0 Å². The highest BCUT2D eigenvalue weighted by atomic mass is 16.1. The maximum atomic E-state index is 10.3. The molecule has 0 saturated carbocycles. The second-order valence-corrected chi connectivity index (χ2v) is 4.21. The van der Waals surface area contributed by atoms with Gasteiger partial charge in [-0.2, -0.15) is 0 Å². The largest absolute Gasteiger partial charge is 0.329 e. The van der Waals surface area contributed by atoms with E-state index in [4.69, 9.17) is 0 Å². The zero-order valence-corrected chi connectivity index (χ0v) is 10.8. The fraction of sp³-hybridized carbons (Fsp3) is 0.133. The van der Waals surface area contributed by atoms with Crippen molar-refractivity contribution in [3.05, 3.63) is 59.7 Å². The van der Waals surface area contributed by atoms with Gasteiger partial charge in [-0.15, -0.1) is 0 Å². The molecule has 0 aliphatic rings. The summed E-state index contributed by atoms with van der Waals surface area (Å²) in [7, 11) is 1.84. The lowest BCUT2D eigenvalue weighted by Gasteiger charge is -2.06. The van der Waals surface area contributed by atoms with E-state index in [-0.39, 0.29) is 0 Å². The molecule has 4 nitrogen and oxygen atoms in total. The third-order valence-electron chi connectivity index (χ3n) is 2.81. The van der Waals surface area contributed by atoms with Crippen LogP contribution in [-0.4, -0.2) is 13.5 Å². The molecule has 0 saturated heterocycles. The number of nitrogens with one attached hydrogen (secondary N) is 3. The monoisotopic (exact) mass is 255 g/mol. The molecular formula is C15H17N3O. The average molecular weight is 255 g/mol. The summed E-state index contributed by atoms with van der Waals surface area (Å²) in [5, 5.41) is 2.62. The third-order valence-corrected chi connectivity index (χ3v) is 2.81. The first-order valence-electron chi connectivity index (χ1n) is 6.12. The average Bonchev–Trinajstić information content (AvgIpc) is 2.44. The molecule has 1 amide bonds. The lowest BCUT2D eigenvalue weighted by atomic mass is 10.0. The minimum Gasteiger partial charge on any atom is -0.329 e. The van der Waals surface area contributed by atoms with Crippen molar-refractivity contribution in [2.45, 2.75) is 6.42 Å². The molecule has 0 aliphatic carbocycles. The normalized spacial score (nSPS) is 9.95. The number of carbonyl (C=O) groups excluding carboxylic acids is 1. The summed E-state index contributed by atoms with van der Waals surface area (Å²) in [5.74, 6) is 0. The molecule has 0 unspecified atom stereocenters. The second kappa shape index (κ2) is 6.56. The van der Waals surface area contributed by atoms with Crippen LogP contribution in [0.25, 0.3) is 0 Å². The van der Waals surface area contributed by atoms with Crippen LogP contribution < -0.4 is 16.2 Å². The summed E-state index contributed by atoms with van der Waals surface area (Å²) in [6, 6.07) is 16.1. The molecule has 0 fully saturated rings. The molecule has 3 N–H and O–H groups in total. The lowest BCUT2D eigenvalue weighted by molar-refractivity contribution is -0.105. The van der Waals surface area contributed by atoms with Crippen molar-refractivity contribution in [3.63, 3.8) is 0 Å². The SMILES string of the molecule is CNNc1ccc(Cc2ccc(NC=O)cc2)cc1. The van der Waals surface area contributed by atoms with Crippen molar-refractivity contribution in [3.8, 4) is 0 Å². The number of hydrogen-bond acceptors (Lipinski definition) is 3. The summed E-state index contributed by atoms with van der Waals surface area (Å²) in [6.07, 6.45) is 1.56. The molecular weight excluding hydrogens is 238 g/mol. The predicted molar refractivity (Wildman–Crippen MR) is 78.1 cm³/mol. The highest BCUT2D eigenvalue weighted by molar-refractivity contribution is 5.71. The molecule has 0 heterocycles. The lowest BCUT2D eigenvalue weighted by Crippen LogP contribution is -2.14. The van der Waals surface area contributed by atoms with E-state index in [0.29, 0.717) is 6.41 Å². The molecule has 2 aromatic carbocycles. The zero-order valence-electron chi connectivity index (χ0n) is 10.8. The Balaban J connectivity index is 2.01. The van der Waals surface area contributed by atoms with Crippen molar-refractivity contribution in [1.29, 1.82) is 0 Å². The number of hydrazine groups is 1. The van der Waals surface area contributed by atoms with Gasteiger partial charge in [0.1, 0.15) is 0 Å². The van der Waals surface area contributed by atoms with E-state index in [2.05, 4.69) is 28.3 Å². The van der Waals surface area contributed by atoms with Crippen molar-refractivity contribution in [2.24, 2.45) is 0 Å². The Labute approximate surface area is 112 Å². The van der Waals surface area contributed by atoms with E-state index >= 15 is 0 Å². The first-order chi connectivity index (χ1) is 9.31. The van der Waals surface area contributed by atoms with Crippen molar-refractivity contribution < 1.29 is 4.79 Å². The quantitative estimate of drug-likeness (QED) is 0.549. The number of benzene rings is 2. The Bertz CT molecular complexity index is 520. The summed E-state index contributed by atoms with van der Waals surface area (Å²) < 4.78 is 0. The fourth-order valence-corrected chi connectivity index (χ4v) is 1.87. The van der Waals surface area contributed by atoms with Gasteiger partial charge in [0.05, 0.1) is 0 Å². The minimum absolute atomic E-state index is 0.683. The Morgan fingerprint density at radius 3 is 1.89 bits per heavy atom. The molecule has 0 spiro atoms. The van der Waals surface area contributed by atoms with E-state index in [0.717, 1.165) is 17.8 Å². The minimum atomic E-state index is 0.683. The highest BCUT2D eigenvalue weighted by Gasteiger charge is 1.98. The van der Waals surface area contributed by atoms with Gasteiger partial charge in [-0.1, -0.05) is 24.3 Å². The van der Waals surface area contributed by atoms with Crippen molar-refractivity contribution >= 4 is 17.8 Å². The molecule has 0 aromatic heterocycles. The van der Waals surface area contributed by atoms with E-state index in [1.165, 1.54) is 11.1 Å². The number of anilines is 2. The van der Waals surface area contributed by atoms with Gasteiger partial charge in [0, 0.05) is 18.4 Å². The van der Waals surface area contributed by atoms with Gasteiger partial charge in [0.15, 0.2) is 0 Å². The number of amides is 1. The Morgan fingerprint density at radius 2 is 1.42 bits per heavy atom. The molecule has 0 radical (unpaired) electrons. The summed E-state index contributed by atoms with van der Waals surface area (Å²) in [6.45, 7) is 0. The molecule has 4 heteroatoms. The van der Waals surface area contributed by atoms with Crippen LogP contribution in [0.2, 0.25) is 0 Å². The van der Waals surface area contributed by atoms with Gasteiger partial charge >= 0.3 is 0 Å². The van der Waals surface area contributed by atoms with Crippen LogP contribution in [0.4, 0.5) is 11.4 Å². The molecule has 2 aromatic rings. The Kier molecular flexibility index (Phi) is 4.53. The van der Waals surface area contributed by atoms with Crippen molar-refractivity contribution in [1.82, 2.24) is 5.43 Å². The van der Waals surface area contributed by atoms with Crippen LogP contribution in [-0.2, 0) is 11.2 Å². The number of hydrogen-bond donors (Lipinski definition) is 3. The van der Waals surface area contributed by atoms with Gasteiger partial charge in [-0.3, -0.25) is 4.79 Å². The van der Waals surface area contributed by atoms with Gasteiger partial charge < -0.3 is 10.7 Å². The molecule has 98 valence electrons. The number of carbonyl (C=O) groups is 1.